The van der Waals surface area contributed by atoms with E-state index in [2.05, 4.69) is 46.5 Å². The summed E-state index contributed by atoms with van der Waals surface area (Å²) >= 11 is 6.03. The Morgan fingerprint density at radius 3 is 2.20 bits per heavy atom. The van der Waals surface area contributed by atoms with Crippen molar-refractivity contribution in [2.45, 2.75) is 38.4 Å². The summed E-state index contributed by atoms with van der Waals surface area (Å²) in [6.45, 7) is 2.30. The number of imidazole rings is 1. The fraction of sp³-hybridized carbons (Fsp3) is 0.344. The molecule has 1 aliphatic rings. The Balaban J connectivity index is 1.18. The number of ether oxygens (including phenoxy) is 1. The molecule has 18 heteroatoms. The number of nitrogens with zero attached hydrogens (tertiary/aromatic N) is 5. The minimum absolute atomic E-state index is 0.00988. The van der Waals surface area contributed by atoms with Gasteiger partial charge in [0.1, 0.15) is 0 Å². The highest BCUT2D eigenvalue weighted by molar-refractivity contribution is 6.39. The molecule has 50 heavy (non-hydrogen) atoms. The highest BCUT2D eigenvalue weighted by atomic mass is 35.5. The molecule has 2 aromatic heterocycles. The van der Waals surface area contributed by atoms with Crippen LogP contribution in [0.25, 0.3) is 0 Å². The van der Waals surface area contributed by atoms with Crippen LogP contribution in [-0.4, -0.2) is 68.1 Å². The van der Waals surface area contributed by atoms with Gasteiger partial charge in [-0.05, 0) is 60.2 Å². The summed E-state index contributed by atoms with van der Waals surface area (Å²) in [6.07, 6.45) is -0.0276. The van der Waals surface area contributed by atoms with Gasteiger partial charge in [0.25, 0.3) is 5.91 Å². The Morgan fingerprint density at radius 1 is 0.920 bits per heavy atom. The average molecular weight is 715 g/mol. The third-order valence-electron chi connectivity index (χ3n) is 7.59. The summed E-state index contributed by atoms with van der Waals surface area (Å²) < 4.78 is 45.1. The number of hydrogen-bond donors (Lipinski definition) is 5. The van der Waals surface area contributed by atoms with Gasteiger partial charge >= 0.3 is 24.0 Å². The van der Waals surface area contributed by atoms with Crippen molar-refractivity contribution in [3.05, 3.63) is 77.1 Å². The van der Waals surface area contributed by atoms with Gasteiger partial charge in [0.15, 0.2) is 6.61 Å². The van der Waals surface area contributed by atoms with E-state index in [1.54, 1.807) is 42.1 Å². The van der Waals surface area contributed by atoms with E-state index in [9.17, 15) is 27.6 Å². The number of aromatic nitrogens is 5. The number of aryl methyl sites for hydroxylation is 1. The first-order chi connectivity index (χ1) is 23.6. The summed E-state index contributed by atoms with van der Waals surface area (Å²) in [6, 6.07) is 12.9. The molecule has 0 saturated heterocycles. The van der Waals surface area contributed by atoms with Gasteiger partial charge < -0.3 is 30.6 Å². The molecule has 0 atom stereocenters. The zero-order chi connectivity index (χ0) is 36.1. The van der Waals surface area contributed by atoms with Crippen molar-refractivity contribution in [2.24, 2.45) is 12.5 Å². The molecule has 2 heterocycles. The van der Waals surface area contributed by atoms with E-state index in [1.807, 2.05) is 26.0 Å². The van der Waals surface area contributed by atoms with E-state index in [1.165, 1.54) is 18.3 Å². The molecular weight excluding hydrogens is 681 g/mol. The number of alkyl halides is 3. The van der Waals surface area contributed by atoms with Gasteiger partial charge in [0.05, 0.1) is 5.54 Å². The van der Waals surface area contributed by atoms with E-state index < -0.39 is 47.5 Å². The standard InChI is InChI=1S/C32H34ClF3N10O4/c1-30(2,17-39-24(48)25(49)41-28-37-14-15-46(28)3)16-38-23(47)19-4-10-22(11-5-19)40-26-42-27(44-29(43-26)50-18-32(34,35)36)45-31(12-13-31)20-6-8-21(33)9-7-20/h4-11,14-15H,12-13,16-18H2,1-3H3,(H,38,47)(H,39,48)(H,37,41,49)(H2,40,42,43,44,45). The topological polar surface area (TPSA) is 177 Å². The molecule has 2 aromatic carbocycles. The van der Waals surface area contributed by atoms with Gasteiger partial charge in [-0.3, -0.25) is 19.7 Å². The molecule has 5 N–H and O–H groups in total. The van der Waals surface area contributed by atoms with Gasteiger partial charge in [0, 0.05) is 48.8 Å². The lowest BCUT2D eigenvalue weighted by Crippen LogP contribution is -2.45. The highest BCUT2D eigenvalue weighted by Gasteiger charge is 2.45. The number of benzene rings is 2. The summed E-state index contributed by atoms with van der Waals surface area (Å²) in [7, 11) is 1.67. The van der Waals surface area contributed by atoms with E-state index in [0.29, 0.717) is 16.3 Å². The second kappa shape index (κ2) is 14.6. The predicted molar refractivity (Wildman–Crippen MR) is 178 cm³/mol. The molecule has 3 amide bonds. The molecule has 4 aromatic rings. The van der Waals surface area contributed by atoms with E-state index in [4.69, 9.17) is 16.3 Å². The maximum Gasteiger partial charge on any atom is 0.422 e. The first kappa shape index (κ1) is 35.8. The van der Waals surface area contributed by atoms with Gasteiger partial charge in [-0.2, -0.15) is 28.1 Å². The Bertz CT molecular complexity index is 1850. The summed E-state index contributed by atoms with van der Waals surface area (Å²) in [5.74, 6) is -1.95. The molecule has 264 valence electrons. The number of halogens is 4. The van der Waals surface area contributed by atoms with Crippen molar-refractivity contribution in [2.75, 3.05) is 35.6 Å². The number of carbonyl (C=O) groups excluding carboxylic acids is 3. The lowest BCUT2D eigenvalue weighted by molar-refractivity contribution is -0.154. The predicted octanol–water partition coefficient (Wildman–Crippen LogP) is 4.56. The number of rotatable bonds is 13. The number of nitrogens with one attached hydrogen (secondary N) is 5. The maximum atomic E-state index is 12.9. The second-order valence-corrected chi connectivity index (χ2v) is 12.9. The summed E-state index contributed by atoms with van der Waals surface area (Å²) in [4.78, 5) is 53.7. The van der Waals surface area contributed by atoms with Crippen molar-refractivity contribution in [1.82, 2.24) is 35.1 Å². The first-order valence-corrected chi connectivity index (χ1v) is 15.7. The molecule has 0 spiro atoms. The van der Waals surface area contributed by atoms with Crippen LogP contribution < -0.4 is 31.3 Å². The molecule has 0 radical (unpaired) electrons. The van der Waals surface area contributed by atoms with Crippen LogP contribution in [0, 0.1) is 5.41 Å². The molecule has 1 saturated carbocycles. The molecule has 0 aliphatic heterocycles. The SMILES string of the molecule is Cn1ccnc1NC(=O)C(=O)NCC(C)(C)CNC(=O)c1ccc(Nc2nc(NC3(c4ccc(Cl)cc4)CC3)nc(OCC(F)(F)F)n2)cc1. The van der Waals surface area contributed by atoms with Crippen molar-refractivity contribution in [3.8, 4) is 6.01 Å². The van der Waals surface area contributed by atoms with Crippen molar-refractivity contribution < 1.29 is 32.3 Å². The first-order valence-electron chi connectivity index (χ1n) is 15.3. The number of carbonyl (C=O) groups is 3. The van der Waals surface area contributed by atoms with E-state index >= 15 is 0 Å². The minimum Gasteiger partial charge on any atom is -0.454 e. The van der Waals surface area contributed by atoms with Crippen LogP contribution in [0.5, 0.6) is 6.01 Å². The average Bonchev–Trinajstić information content (AvgIpc) is 3.73. The van der Waals surface area contributed by atoms with Crippen LogP contribution in [0.4, 0.5) is 36.7 Å². The third kappa shape index (κ3) is 9.81. The van der Waals surface area contributed by atoms with Gasteiger partial charge in [-0.25, -0.2) is 4.98 Å². The van der Waals surface area contributed by atoms with Crippen molar-refractivity contribution >= 4 is 52.9 Å². The third-order valence-corrected chi connectivity index (χ3v) is 7.84. The lowest BCUT2D eigenvalue weighted by atomic mass is 9.93. The quantitative estimate of drug-likeness (QED) is 0.124. The van der Waals surface area contributed by atoms with Crippen LogP contribution in [0.3, 0.4) is 0 Å². The van der Waals surface area contributed by atoms with E-state index in [-0.39, 0.29) is 30.9 Å². The molecule has 5 rings (SSSR count). The van der Waals surface area contributed by atoms with Gasteiger partial charge in [-0.1, -0.05) is 37.6 Å². The van der Waals surface area contributed by atoms with Crippen LogP contribution in [0.2, 0.25) is 5.02 Å². The summed E-state index contributed by atoms with van der Waals surface area (Å²) in [5.41, 5.74) is 0.537. The normalized spacial score (nSPS) is 13.6. The van der Waals surface area contributed by atoms with Gasteiger partial charge in [0.2, 0.25) is 17.8 Å². The largest absolute Gasteiger partial charge is 0.454 e. The molecule has 14 nitrogen and oxygen atoms in total. The highest BCUT2D eigenvalue weighted by Crippen LogP contribution is 2.48. The Hall–Kier alpha value is -5.45. The van der Waals surface area contributed by atoms with Crippen LogP contribution in [-0.2, 0) is 22.2 Å². The van der Waals surface area contributed by atoms with Crippen molar-refractivity contribution in [3.63, 3.8) is 0 Å². The minimum atomic E-state index is -4.61. The number of anilines is 4. The summed E-state index contributed by atoms with van der Waals surface area (Å²) in [5, 5.41) is 14.5. The molecule has 0 bridgehead atoms. The fourth-order valence-corrected chi connectivity index (χ4v) is 4.76. The van der Waals surface area contributed by atoms with E-state index in [0.717, 1.165) is 18.4 Å². The molecule has 1 fully saturated rings. The Labute approximate surface area is 289 Å². The molecule has 1 aliphatic carbocycles. The lowest BCUT2D eigenvalue weighted by Gasteiger charge is -2.25. The van der Waals surface area contributed by atoms with Gasteiger partial charge in [-0.15, -0.1) is 0 Å². The van der Waals surface area contributed by atoms with Crippen LogP contribution >= 0.6 is 11.6 Å². The molecule has 0 unspecified atom stereocenters. The fourth-order valence-electron chi connectivity index (χ4n) is 4.64. The monoisotopic (exact) mass is 714 g/mol. The zero-order valence-electron chi connectivity index (χ0n) is 27.2. The van der Waals surface area contributed by atoms with Crippen LogP contribution in [0.15, 0.2) is 60.9 Å². The Kier molecular flexibility index (Phi) is 10.4. The number of hydrogen-bond acceptors (Lipinski definition) is 10. The zero-order valence-corrected chi connectivity index (χ0v) is 27.9. The van der Waals surface area contributed by atoms with Crippen molar-refractivity contribution in [1.29, 1.82) is 0 Å². The maximum absolute atomic E-state index is 12.9. The smallest absolute Gasteiger partial charge is 0.422 e. The number of amides is 3. The Morgan fingerprint density at radius 2 is 1.58 bits per heavy atom. The second-order valence-electron chi connectivity index (χ2n) is 12.4. The molecular formula is C32H34ClF3N10O4. The van der Waals surface area contributed by atoms with Crippen LogP contribution in [0.1, 0.15) is 42.6 Å².